The monoisotopic (exact) mass is 1030 g/mol. The number of hydrogen-bond acceptors (Lipinski definition) is 5. The molecule has 2 atom stereocenters. The molecule has 1 amide bonds. The quantitative estimate of drug-likeness (QED) is 0.0320. The maximum atomic E-state index is 12.5. The normalized spacial score (nSPS) is 12.5. The molecular weight excluding hydrogens is 899 g/mol. The highest BCUT2D eigenvalue weighted by atomic mass is 16.5. The van der Waals surface area contributed by atoms with E-state index < -0.39 is 12.1 Å². The Balaban J connectivity index is 3.33. The van der Waals surface area contributed by atoms with Crippen LogP contribution < -0.4 is 5.32 Å². The molecular formula is C67H131NO5. The van der Waals surface area contributed by atoms with Crippen molar-refractivity contribution in [2.24, 2.45) is 0 Å². The van der Waals surface area contributed by atoms with Gasteiger partial charge in [0, 0.05) is 12.8 Å². The molecule has 0 saturated carbocycles. The van der Waals surface area contributed by atoms with Crippen molar-refractivity contribution in [3.63, 3.8) is 0 Å². The Morgan fingerprint density at radius 2 is 0.644 bits per heavy atom. The van der Waals surface area contributed by atoms with Gasteiger partial charge in [-0.1, -0.05) is 328 Å². The zero-order chi connectivity index (χ0) is 52.9. The number of aliphatic hydroxyl groups is 2. The lowest BCUT2D eigenvalue weighted by Crippen LogP contribution is -2.45. The standard InChI is InChI=1S/C67H131NO5/c1-3-5-7-9-11-13-15-36-40-43-47-51-55-59-65(70)64(63-69)68-66(71)60-56-52-48-44-41-37-34-32-30-28-26-24-22-20-18-16-17-19-21-23-25-27-29-31-33-35-38-42-46-50-54-58-62-73-67(72)61-57-53-49-45-39-14-12-10-8-6-4-2/h19,21,64-65,69-70H,3-18,20,22-63H2,1-2H3,(H,68,71)/b21-19-. The van der Waals surface area contributed by atoms with E-state index in [9.17, 15) is 19.8 Å². The number of ether oxygens (including phenoxy) is 1. The fourth-order valence-corrected chi connectivity index (χ4v) is 10.7. The van der Waals surface area contributed by atoms with Gasteiger partial charge < -0.3 is 20.3 Å². The number of nitrogens with one attached hydrogen (secondary N) is 1. The van der Waals surface area contributed by atoms with Gasteiger partial charge in [-0.3, -0.25) is 9.59 Å². The van der Waals surface area contributed by atoms with Gasteiger partial charge in [0.2, 0.25) is 5.91 Å². The average molecular weight is 1030 g/mol. The highest BCUT2D eigenvalue weighted by Gasteiger charge is 2.20. The van der Waals surface area contributed by atoms with Gasteiger partial charge in [0.1, 0.15) is 0 Å². The molecule has 0 aliphatic carbocycles. The number of carbonyl (C=O) groups excluding carboxylic acids is 2. The minimum absolute atomic E-state index is 0.0185. The maximum Gasteiger partial charge on any atom is 0.305 e. The van der Waals surface area contributed by atoms with Gasteiger partial charge >= 0.3 is 5.97 Å². The third kappa shape index (κ3) is 59.7. The molecule has 0 heterocycles. The second-order valence-corrected chi connectivity index (χ2v) is 23.2. The van der Waals surface area contributed by atoms with Crippen LogP contribution in [0.15, 0.2) is 12.2 Å². The molecule has 0 aromatic carbocycles. The molecule has 434 valence electrons. The van der Waals surface area contributed by atoms with Crippen molar-refractivity contribution in [3.8, 4) is 0 Å². The van der Waals surface area contributed by atoms with Crippen molar-refractivity contribution in [3.05, 3.63) is 12.2 Å². The molecule has 0 aromatic rings. The fraction of sp³-hybridized carbons (Fsp3) is 0.940. The van der Waals surface area contributed by atoms with Gasteiger partial charge in [0.15, 0.2) is 0 Å². The number of esters is 1. The van der Waals surface area contributed by atoms with E-state index in [-0.39, 0.29) is 18.5 Å². The number of hydrogen-bond donors (Lipinski definition) is 3. The van der Waals surface area contributed by atoms with E-state index in [0.717, 1.165) is 38.5 Å². The third-order valence-corrected chi connectivity index (χ3v) is 15.8. The molecule has 0 bridgehead atoms. The number of unbranched alkanes of at least 4 members (excludes halogenated alkanes) is 50. The van der Waals surface area contributed by atoms with Crippen molar-refractivity contribution < 1.29 is 24.5 Å². The molecule has 0 saturated heterocycles. The first-order chi connectivity index (χ1) is 36.0. The van der Waals surface area contributed by atoms with E-state index >= 15 is 0 Å². The molecule has 3 N–H and O–H groups in total. The van der Waals surface area contributed by atoms with E-state index in [2.05, 4.69) is 31.3 Å². The van der Waals surface area contributed by atoms with Crippen molar-refractivity contribution in [1.29, 1.82) is 0 Å². The summed E-state index contributed by atoms with van der Waals surface area (Å²) in [4.78, 5) is 24.5. The lowest BCUT2D eigenvalue weighted by molar-refractivity contribution is -0.143. The molecule has 6 nitrogen and oxygen atoms in total. The lowest BCUT2D eigenvalue weighted by Gasteiger charge is -2.22. The number of amides is 1. The van der Waals surface area contributed by atoms with Gasteiger partial charge in [-0.05, 0) is 51.4 Å². The Labute approximate surface area is 457 Å². The van der Waals surface area contributed by atoms with E-state index in [1.807, 2.05) is 0 Å². The lowest BCUT2D eigenvalue weighted by atomic mass is 10.0. The van der Waals surface area contributed by atoms with Crippen LogP contribution in [-0.2, 0) is 14.3 Å². The summed E-state index contributed by atoms with van der Waals surface area (Å²) in [5.74, 6) is -0.0117. The van der Waals surface area contributed by atoms with Crippen molar-refractivity contribution in [1.82, 2.24) is 5.32 Å². The zero-order valence-electron chi connectivity index (χ0n) is 49.6. The Kier molecular flexibility index (Phi) is 61.9. The fourth-order valence-electron chi connectivity index (χ4n) is 10.7. The number of allylic oxidation sites excluding steroid dienone is 2. The van der Waals surface area contributed by atoms with Gasteiger partial charge in [-0.25, -0.2) is 0 Å². The summed E-state index contributed by atoms with van der Waals surface area (Å²) < 4.78 is 5.47. The summed E-state index contributed by atoms with van der Waals surface area (Å²) in [6, 6.07) is -0.538. The van der Waals surface area contributed by atoms with Crippen LogP contribution in [0.5, 0.6) is 0 Å². The van der Waals surface area contributed by atoms with Crippen LogP contribution in [0.4, 0.5) is 0 Å². The second kappa shape index (κ2) is 63.1. The summed E-state index contributed by atoms with van der Waals surface area (Å²) in [6.45, 7) is 4.98. The van der Waals surface area contributed by atoms with Gasteiger partial charge in [0.05, 0.1) is 25.4 Å². The molecule has 2 unspecified atom stereocenters. The Morgan fingerprint density at radius 1 is 0.370 bits per heavy atom. The maximum absolute atomic E-state index is 12.5. The van der Waals surface area contributed by atoms with Crippen LogP contribution in [0.25, 0.3) is 0 Å². The van der Waals surface area contributed by atoms with Gasteiger partial charge in [-0.15, -0.1) is 0 Å². The van der Waals surface area contributed by atoms with Crippen LogP contribution >= 0.6 is 0 Å². The molecule has 0 rings (SSSR count). The first kappa shape index (κ1) is 71.6. The predicted molar refractivity (Wildman–Crippen MR) is 320 cm³/mol. The van der Waals surface area contributed by atoms with Crippen LogP contribution in [0, 0.1) is 0 Å². The van der Waals surface area contributed by atoms with E-state index in [0.29, 0.717) is 25.9 Å². The van der Waals surface area contributed by atoms with Crippen molar-refractivity contribution >= 4 is 11.9 Å². The van der Waals surface area contributed by atoms with Crippen molar-refractivity contribution in [2.45, 2.75) is 392 Å². The highest BCUT2D eigenvalue weighted by Crippen LogP contribution is 2.19. The molecule has 0 aliphatic heterocycles. The largest absolute Gasteiger partial charge is 0.466 e. The number of aliphatic hydroxyl groups excluding tert-OH is 2. The average Bonchev–Trinajstić information content (AvgIpc) is 3.39. The van der Waals surface area contributed by atoms with Crippen molar-refractivity contribution in [2.75, 3.05) is 13.2 Å². The second-order valence-electron chi connectivity index (χ2n) is 23.2. The molecule has 6 heteroatoms. The summed E-state index contributed by atoms with van der Waals surface area (Å²) >= 11 is 0. The molecule has 0 aliphatic rings. The highest BCUT2D eigenvalue weighted by molar-refractivity contribution is 5.76. The third-order valence-electron chi connectivity index (χ3n) is 15.8. The Hall–Kier alpha value is -1.40. The smallest absolute Gasteiger partial charge is 0.305 e. The number of rotatable bonds is 63. The molecule has 0 radical (unpaired) electrons. The topological polar surface area (TPSA) is 95.9 Å². The van der Waals surface area contributed by atoms with Crippen LogP contribution in [0.1, 0.15) is 380 Å². The minimum Gasteiger partial charge on any atom is -0.466 e. The summed E-state index contributed by atoms with van der Waals surface area (Å²) in [6.07, 6.45) is 76.8. The predicted octanol–water partition coefficient (Wildman–Crippen LogP) is 21.2. The summed E-state index contributed by atoms with van der Waals surface area (Å²) in [5.41, 5.74) is 0. The van der Waals surface area contributed by atoms with E-state index in [1.54, 1.807) is 0 Å². The van der Waals surface area contributed by atoms with Crippen LogP contribution in [0.2, 0.25) is 0 Å². The zero-order valence-corrected chi connectivity index (χ0v) is 49.6. The first-order valence-corrected chi connectivity index (χ1v) is 33.4. The van der Waals surface area contributed by atoms with Gasteiger partial charge in [0.25, 0.3) is 0 Å². The summed E-state index contributed by atoms with van der Waals surface area (Å²) in [5, 5.41) is 23.3. The Morgan fingerprint density at radius 3 is 0.973 bits per heavy atom. The Bertz CT molecular complexity index is 1100. The first-order valence-electron chi connectivity index (χ1n) is 33.4. The molecule has 0 fully saturated rings. The molecule has 0 spiro atoms. The molecule has 73 heavy (non-hydrogen) atoms. The van der Waals surface area contributed by atoms with Crippen LogP contribution in [-0.4, -0.2) is 47.4 Å². The summed E-state index contributed by atoms with van der Waals surface area (Å²) in [7, 11) is 0. The van der Waals surface area contributed by atoms with Gasteiger partial charge in [-0.2, -0.15) is 0 Å². The van der Waals surface area contributed by atoms with E-state index in [1.165, 1.54) is 308 Å². The molecule has 0 aromatic heterocycles. The SMILES string of the molecule is CCCCCCCCCCCCCCCC(O)C(CO)NC(=O)CCCCCCCCCCCCCCCCCC/C=C\CCCCCCCCCCCCCCOC(=O)CCCCCCCCCCCCC. The van der Waals surface area contributed by atoms with Crippen LogP contribution in [0.3, 0.4) is 0 Å². The van der Waals surface area contributed by atoms with E-state index in [4.69, 9.17) is 4.74 Å². The minimum atomic E-state index is -0.661. The number of carbonyl (C=O) groups is 2.